The number of phenols is 1. The minimum absolute atomic E-state index is 0.0825. The van der Waals surface area contributed by atoms with Gasteiger partial charge in [-0.25, -0.2) is 4.79 Å². The van der Waals surface area contributed by atoms with Gasteiger partial charge in [-0.2, -0.15) is 4.99 Å². The number of carbonyl (C=O) groups excluding carboxylic acids is 1. The molecular formula is C13H11N3O3. The number of terminal acetylenes is 1. The van der Waals surface area contributed by atoms with Gasteiger partial charge >= 0.3 is 6.03 Å². The van der Waals surface area contributed by atoms with E-state index in [1.165, 1.54) is 17.0 Å². The number of nitrogens with zero attached hydrogens (tertiary/aromatic N) is 2. The number of phenolic OH excluding ortho intramolecular Hbond substituents is 1. The second kappa shape index (κ2) is 3.65. The van der Waals surface area contributed by atoms with Crippen molar-refractivity contribution in [3.05, 3.63) is 23.8 Å². The molecule has 0 radical (unpaired) electrons. The van der Waals surface area contributed by atoms with Crippen molar-refractivity contribution in [3.63, 3.8) is 0 Å². The van der Waals surface area contributed by atoms with E-state index in [2.05, 4.69) is 10.9 Å². The van der Waals surface area contributed by atoms with Crippen LogP contribution in [0, 0.1) is 12.3 Å². The summed E-state index contributed by atoms with van der Waals surface area (Å²) in [6.07, 6.45) is 5.29. The molecule has 6 heteroatoms. The van der Waals surface area contributed by atoms with E-state index >= 15 is 0 Å². The Morgan fingerprint density at radius 1 is 1.63 bits per heavy atom. The number of amidine groups is 1. The van der Waals surface area contributed by atoms with Crippen LogP contribution < -0.4 is 10.5 Å². The van der Waals surface area contributed by atoms with Crippen LogP contribution in [0.25, 0.3) is 0 Å². The van der Waals surface area contributed by atoms with Crippen molar-refractivity contribution in [2.45, 2.75) is 5.54 Å². The molecule has 2 aliphatic heterocycles. The number of hydrogen-bond donors (Lipinski definition) is 2. The number of aliphatic imine (C=N–C) groups is 1. The van der Waals surface area contributed by atoms with Gasteiger partial charge in [-0.05, 0) is 12.1 Å². The van der Waals surface area contributed by atoms with Crippen LogP contribution in [0.3, 0.4) is 0 Å². The number of aromatic hydroxyl groups is 1. The summed E-state index contributed by atoms with van der Waals surface area (Å²) in [4.78, 5) is 17.1. The number of ether oxygens (including phenoxy) is 1. The highest BCUT2D eigenvalue weighted by Gasteiger charge is 2.55. The number of carbonyl (C=O) groups is 1. The lowest BCUT2D eigenvalue weighted by Gasteiger charge is -2.31. The first-order valence-corrected chi connectivity index (χ1v) is 5.65. The third-order valence-electron chi connectivity index (χ3n) is 3.43. The minimum Gasteiger partial charge on any atom is -0.508 e. The summed E-state index contributed by atoms with van der Waals surface area (Å²) in [6.45, 7) is 0.237. The molecule has 96 valence electrons. The first-order valence-electron chi connectivity index (χ1n) is 5.65. The summed E-state index contributed by atoms with van der Waals surface area (Å²) >= 11 is 0. The van der Waals surface area contributed by atoms with E-state index in [1.54, 1.807) is 6.07 Å². The van der Waals surface area contributed by atoms with Gasteiger partial charge in [-0.1, -0.05) is 5.92 Å². The Balaban J connectivity index is 2.18. The lowest BCUT2D eigenvalue weighted by atomic mass is 9.89. The van der Waals surface area contributed by atoms with E-state index < -0.39 is 11.6 Å². The fourth-order valence-electron chi connectivity index (χ4n) is 2.52. The van der Waals surface area contributed by atoms with Crippen LogP contribution in [-0.2, 0) is 5.54 Å². The highest BCUT2D eigenvalue weighted by Crippen LogP contribution is 2.45. The summed E-state index contributed by atoms with van der Waals surface area (Å²) in [5.74, 6) is 3.15. The lowest BCUT2D eigenvalue weighted by Crippen LogP contribution is -2.52. The molecular weight excluding hydrogens is 246 g/mol. The average Bonchev–Trinajstić information content (AvgIpc) is 2.85. The maximum Gasteiger partial charge on any atom is 0.347 e. The van der Waals surface area contributed by atoms with Crippen LogP contribution >= 0.6 is 0 Å². The van der Waals surface area contributed by atoms with E-state index in [-0.39, 0.29) is 24.7 Å². The summed E-state index contributed by atoms with van der Waals surface area (Å²) in [7, 11) is 0. The second-order valence-corrected chi connectivity index (χ2v) is 4.40. The van der Waals surface area contributed by atoms with Gasteiger partial charge in [-0.3, -0.25) is 4.90 Å². The predicted octanol–water partition coefficient (Wildman–Crippen LogP) is 0.406. The fraction of sp³-hybridized carbons (Fsp3) is 0.231. The standard InChI is InChI=1S/C13H11N3O3/c1-2-5-16-12(18)15-11(14)13(16)7-19-10-6-8(17)3-4-9(10)13/h1,3-4,6,17H,5,7H2,(H2,14,15,18). The summed E-state index contributed by atoms with van der Waals surface area (Å²) in [5, 5.41) is 9.46. The summed E-state index contributed by atoms with van der Waals surface area (Å²) in [5.41, 5.74) is 5.65. The number of nitrogens with two attached hydrogens (primary N) is 1. The van der Waals surface area contributed by atoms with E-state index in [9.17, 15) is 9.90 Å². The molecule has 2 heterocycles. The molecule has 0 saturated heterocycles. The predicted molar refractivity (Wildman–Crippen MR) is 67.8 cm³/mol. The van der Waals surface area contributed by atoms with Crippen molar-refractivity contribution in [3.8, 4) is 23.8 Å². The molecule has 6 nitrogen and oxygen atoms in total. The van der Waals surface area contributed by atoms with Gasteiger partial charge in [0.15, 0.2) is 5.54 Å². The van der Waals surface area contributed by atoms with Gasteiger partial charge in [0, 0.05) is 11.6 Å². The third-order valence-corrected chi connectivity index (χ3v) is 3.43. The first kappa shape index (κ1) is 11.4. The second-order valence-electron chi connectivity index (χ2n) is 4.40. The number of hydrogen-bond acceptors (Lipinski definition) is 4. The van der Waals surface area contributed by atoms with Gasteiger partial charge in [0.25, 0.3) is 0 Å². The zero-order chi connectivity index (χ0) is 13.6. The monoisotopic (exact) mass is 257 g/mol. The summed E-state index contributed by atoms with van der Waals surface area (Å²) < 4.78 is 5.53. The van der Waals surface area contributed by atoms with Crippen molar-refractivity contribution in [1.29, 1.82) is 0 Å². The van der Waals surface area contributed by atoms with Crippen LogP contribution in [0.4, 0.5) is 4.79 Å². The number of benzene rings is 1. The molecule has 1 spiro atoms. The van der Waals surface area contributed by atoms with Crippen molar-refractivity contribution in [1.82, 2.24) is 4.90 Å². The molecule has 1 unspecified atom stereocenters. The molecule has 1 aromatic rings. The van der Waals surface area contributed by atoms with Crippen LogP contribution in [0.2, 0.25) is 0 Å². The number of amides is 2. The van der Waals surface area contributed by atoms with Gasteiger partial charge in [0.1, 0.15) is 23.9 Å². The van der Waals surface area contributed by atoms with E-state index in [1.807, 2.05) is 0 Å². The number of rotatable bonds is 1. The molecule has 2 amide bonds. The normalized spacial score (nSPS) is 24.1. The van der Waals surface area contributed by atoms with E-state index in [0.29, 0.717) is 11.3 Å². The molecule has 1 aromatic carbocycles. The Labute approximate surface area is 109 Å². The Kier molecular flexibility index (Phi) is 2.20. The van der Waals surface area contributed by atoms with Gasteiger partial charge in [0.05, 0.1) is 6.54 Å². The van der Waals surface area contributed by atoms with Crippen molar-refractivity contribution in [2.24, 2.45) is 10.7 Å². The Hall–Kier alpha value is -2.68. The molecule has 0 bridgehead atoms. The third kappa shape index (κ3) is 1.32. The first-order chi connectivity index (χ1) is 9.09. The number of fused-ring (bicyclic) bond motifs is 2. The van der Waals surface area contributed by atoms with E-state index in [4.69, 9.17) is 16.9 Å². The molecule has 3 N–H and O–H groups in total. The minimum atomic E-state index is -0.952. The van der Waals surface area contributed by atoms with Gasteiger partial charge in [0.2, 0.25) is 0 Å². The SMILES string of the molecule is C#CCN1C(=O)N=C(N)C12COc1cc(O)ccc12. The van der Waals surface area contributed by atoms with Gasteiger partial charge in [-0.15, -0.1) is 6.42 Å². The van der Waals surface area contributed by atoms with E-state index in [0.717, 1.165) is 0 Å². The number of urea groups is 1. The van der Waals surface area contributed by atoms with Crippen LogP contribution in [0.1, 0.15) is 5.56 Å². The molecule has 19 heavy (non-hydrogen) atoms. The maximum atomic E-state index is 11.9. The molecule has 0 aromatic heterocycles. The zero-order valence-corrected chi connectivity index (χ0v) is 9.96. The molecule has 0 fully saturated rings. The fourth-order valence-corrected chi connectivity index (χ4v) is 2.52. The van der Waals surface area contributed by atoms with Crippen LogP contribution in [0.5, 0.6) is 11.5 Å². The Morgan fingerprint density at radius 3 is 3.16 bits per heavy atom. The smallest absolute Gasteiger partial charge is 0.347 e. The quantitative estimate of drug-likeness (QED) is 0.713. The Morgan fingerprint density at radius 2 is 2.42 bits per heavy atom. The van der Waals surface area contributed by atoms with Gasteiger partial charge < -0.3 is 15.6 Å². The summed E-state index contributed by atoms with van der Waals surface area (Å²) in [6, 6.07) is 4.19. The maximum absolute atomic E-state index is 11.9. The lowest BCUT2D eigenvalue weighted by molar-refractivity contribution is 0.159. The van der Waals surface area contributed by atoms with Crippen molar-refractivity contribution < 1.29 is 14.6 Å². The molecule has 0 saturated carbocycles. The highest BCUT2D eigenvalue weighted by molar-refractivity contribution is 6.07. The van der Waals surface area contributed by atoms with Crippen molar-refractivity contribution >= 4 is 11.9 Å². The Bertz CT molecular complexity index is 647. The molecule has 1 atom stereocenters. The van der Waals surface area contributed by atoms with Crippen LogP contribution in [-0.4, -0.2) is 35.0 Å². The topological polar surface area (TPSA) is 88.2 Å². The van der Waals surface area contributed by atoms with Crippen LogP contribution in [0.15, 0.2) is 23.2 Å². The largest absolute Gasteiger partial charge is 0.508 e. The highest BCUT2D eigenvalue weighted by atomic mass is 16.5. The average molecular weight is 257 g/mol. The van der Waals surface area contributed by atoms with Crippen molar-refractivity contribution in [2.75, 3.05) is 13.2 Å². The molecule has 0 aliphatic carbocycles. The molecule has 2 aliphatic rings. The zero-order valence-electron chi connectivity index (χ0n) is 9.96. The molecule has 3 rings (SSSR count).